The molecule has 0 saturated heterocycles. The molecule has 0 spiro atoms. The topological polar surface area (TPSA) is 99.8 Å². The fourth-order valence-electron chi connectivity index (χ4n) is 2.39. The molecule has 26 heavy (non-hydrogen) atoms. The molecule has 3 rings (SSSR count). The first-order chi connectivity index (χ1) is 12.3. The Morgan fingerprint density at radius 1 is 1.35 bits per heavy atom. The van der Waals surface area contributed by atoms with Gasteiger partial charge in [-0.2, -0.15) is 4.52 Å². The van der Waals surface area contributed by atoms with Gasteiger partial charge in [0.25, 0.3) is 0 Å². The number of rotatable bonds is 6. The van der Waals surface area contributed by atoms with Gasteiger partial charge >= 0.3 is 0 Å². The summed E-state index contributed by atoms with van der Waals surface area (Å²) in [5.74, 6) is 1.36. The summed E-state index contributed by atoms with van der Waals surface area (Å²) in [7, 11) is 0. The van der Waals surface area contributed by atoms with Gasteiger partial charge in [-0.05, 0) is 31.0 Å². The van der Waals surface area contributed by atoms with Gasteiger partial charge in [0.15, 0.2) is 4.34 Å². The van der Waals surface area contributed by atoms with Crippen molar-refractivity contribution in [2.24, 2.45) is 5.92 Å². The number of carbonyl (C=O) groups excluding carboxylic acids is 1. The normalized spacial score (nSPS) is 12.7. The molecule has 1 amide bonds. The quantitative estimate of drug-likeness (QED) is 0.629. The van der Waals surface area contributed by atoms with Crippen molar-refractivity contribution >= 4 is 39.7 Å². The molecule has 0 aliphatic carbocycles. The van der Waals surface area contributed by atoms with Gasteiger partial charge in [0, 0.05) is 11.6 Å². The number of fused-ring (bicyclic) bond motifs is 1. The number of amides is 1. The maximum Gasteiger partial charge on any atom is 0.235 e. The number of hydrogen-bond acceptors (Lipinski definition) is 6. The zero-order valence-electron chi connectivity index (χ0n) is 15.3. The van der Waals surface area contributed by atoms with Crippen LogP contribution in [-0.4, -0.2) is 31.5 Å². The summed E-state index contributed by atoms with van der Waals surface area (Å²) < 4.78 is 2.54. The molecular formula is C17H23N6OS2+. The van der Waals surface area contributed by atoms with Crippen LogP contribution in [0.2, 0.25) is 0 Å². The van der Waals surface area contributed by atoms with Crippen molar-refractivity contribution in [1.82, 2.24) is 19.8 Å². The number of quaternary nitrogens is 1. The summed E-state index contributed by atoms with van der Waals surface area (Å²) in [6.45, 7) is 8.18. The number of nitrogens with zero attached hydrogens (tertiary/aromatic N) is 4. The predicted octanol–water partition coefficient (Wildman–Crippen LogP) is 2.47. The highest BCUT2D eigenvalue weighted by Crippen LogP contribution is 2.27. The lowest BCUT2D eigenvalue weighted by Gasteiger charge is -2.09. The first-order valence-corrected chi connectivity index (χ1v) is 10.2. The Labute approximate surface area is 160 Å². The Morgan fingerprint density at radius 2 is 2.12 bits per heavy atom. The van der Waals surface area contributed by atoms with Crippen molar-refractivity contribution in [2.75, 3.05) is 11.1 Å². The first kappa shape index (κ1) is 18.8. The monoisotopic (exact) mass is 391 g/mol. The lowest BCUT2D eigenvalue weighted by molar-refractivity contribution is -0.440. The van der Waals surface area contributed by atoms with Crippen LogP contribution in [0.4, 0.5) is 5.69 Å². The van der Waals surface area contributed by atoms with E-state index in [4.69, 9.17) is 0 Å². The summed E-state index contributed by atoms with van der Waals surface area (Å²) in [6.07, 6.45) is 0. The third kappa shape index (κ3) is 4.05. The minimum atomic E-state index is -0.0490. The van der Waals surface area contributed by atoms with Crippen LogP contribution in [0.15, 0.2) is 22.5 Å². The Hall–Kier alpha value is -1.97. The minimum Gasteiger partial charge on any atom is -0.348 e. The van der Waals surface area contributed by atoms with Crippen LogP contribution in [0.3, 0.4) is 0 Å². The van der Waals surface area contributed by atoms with Gasteiger partial charge in [-0.3, -0.25) is 4.79 Å². The number of anilines is 1. The van der Waals surface area contributed by atoms with Crippen LogP contribution in [0, 0.1) is 19.8 Å². The van der Waals surface area contributed by atoms with Crippen molar-refractivity contribution in [1.29, 1.82) is 0 Å². The van der Waals surface area contributed by atoms with Crippen LogP contribution in [0.25, 0.3) is 4.96 Å². The lowest BCUT2D eigenvalue weighted by Crippen LogP contribution is -2.56. The zero-order chi connectivity index (χ0) is 18.8. The van der Waals surface area contributed by atoms with Crippen LogP contribution in [0.1, 0.15) is 36.8 Å². The molecule has 0 saturated carbocycles. The number of benzene rings is 1. The molecule has 0 bridgehead atoms. The van der Waals surface area contributed by atoms with Gasteiger partial charge < -0.3 is 11.1 Å². The fraction of sp³-hybridized carbons (Fsp3) is 0.412. The smallest absolute Gasteiger partial charge is 0.235 e. The number of hydrogen-bond donors (Lipinski definition) is 2. The number of aromatic nitrogens is 4. The predicted molar refractivity (Wildman–Crippen MR) is 104 cm³/mol. The fourth-order valence-corrected chi connectivity index (χ4v) is 4.07. The maximum absolute atomic E-state index is 12.3. The Balaban J connectivity index is 1.66. The van der Waals surface area contributed by atoms with E-state index in [2.05, 4.69) is 40.2 Å². The number of carbonyl (C=O) groups is 1. The standard InChI is InChI=1S/C17H22N6OS2/c1-9(2)14(18)15-20-21-16-23(15)22-17(26-16)25-8-13(24)19-12-7-10(3)5-6-11(12)4/h5-7,9,14H,8,18H2,1-4H3,(H,19,24)/p+1/t14-/m0/s1. The van der Waals surface area contributed by atoms with Crippen LogP contribution in [0.5, 0.6) is 0 Å². The molecule has 0 unspecified atom stereocenters. The second kappa shape index (κ2) is 7.73. The van der Waals surface area contributed by atoms with E-state index >= 15 is 0 Å². The molecule has 138 valence electrons. The van der Waals surface area contributed by atoms with E-state index in [1.807, 2.05) is 32.0 Å². The minimum absolute atomic E-state index is 0.0255. The lowest BCUT2D eigenvalue weighted by atomic mass is 10.1. The van der Waals surface area contributed by atoms with Crippen molar-refractivity contribution < 1.29 is 10.5 Å². The molecule has 9 heteroatoms. The number of nitrogens with one attached hydrogen (secondary N) is 1. The van der Waals surface area contributed by atoms with Crippen LogP contribution in [-0.2, 0) is 4.79 Å². The number of thioether (sulfide) groups is 1. The first-order valence-electron chi connectivity index (χ1n) is 8.40. The van der Waals surface area contributed by atoms with Gasteiger partial charge in [-0.25, -0.2) is 0 Å². The second-order valence-electron chi connectivity index (χ2n) is 6.63. The van der Waals surface area contributed by atoms with Gasteiger partial charge in [0.05, 0.1) is 5.75 Å². The van der Waals surface area contributed by atoms with Crippen molar-refractivity contribution in [3.05, 3.63) is 35.2 Å². The molecule has 0 aliphatic heterocycles. The van der Waals surface area contributed by atoms with E-state index in [0.29, 0.717) is 11.7 Å². The molecule has 1 aromatic carbocycles. The second-order valence-corrected chi connectivity index (χ2v) is 8.80. The average Bonchev–Trinajstić information content (AvgIpc) is 3.15. The zero-order valence-corrected chi connectivity index (χ0v) is 16.9. The van der Waals surface area contributed by atoms with E-state index in [1.54, 1.807) is 4.52 Å². The third-order valence-corrected chi connectivity index (χ3v) is 6.16. The molecule has 1 atom stereocenters. The molecule has 7 nitrogen and oxygen atoms in total. The highest BCUT2D eigenvalue weighted by molar-refractivity contribution is 8.01. The molecular weight excluding hydrogens is 368 g/mol. The van der Waals surface area contributed by atoms with Crippen LogP contribution < -0.4 is 11.1 Å². The SMILES string of the molecule is Cc1ccc(C)c(NC(=O)CSc2nn3c([C@@H]([NH3+])C(C)C)nnc3s2)c1. The van der Waals surface area contributed by atoms with Gasteiger partial charge in [-0.1, -0.05) is 49.1 Å². The van der Waals surface area contributed by atoms with E-state index in [1.165, 1.54) is 23.1 Å². The van der Waals surface area contributed by atoms with Gasteiger partial charge in [-0.15, -0.1) is 15.3 Å². The molecule has 3 aromatic rings. The number of aryl methyl sites for hydroxylation is 2. The van der Waals surface area contributed by atoms with E-state index in [-0.39, 0.29) is 11.9 Å². The van der Waals surface area contributed by atoms with E-state index < -0.39 is 0 Å². The van der Waals surface area contributed by atoms with Gasteiger partial charge in [0.2, 0.25) is 16.7 Å². The molecule has 0 aliphatic rings. The summed E-state index contributed by atoms with van der Waals surface area (Å²) in [5.41, 5.74) is 7.17. The summed E-state index contributed by atoms with van der Waals surface area (Å²) in [4.78, 5) is 13.0. The van der Waals surface area contributed by atoms with Crippen molar-refractivity contribution in [2.45, 2.75) is 38.1 Å². The molecule has 0 radical (unpaired) electrons. The summed E-state index contributed by atoms with van der Waals surface area (Å²) >= 11 is 2.84. The third-order valence-electron chi connectivity index (χ3n) is 4.13. The van der Waals surface area contributed by atoms with E-state index in [0.717, 1.165) is 31.9 Å². The van der Waals surface area contributed by atoms with Gasteiger partial charge in [0.1, 0.15) is 6.04 Å². The molecule has 2 aromatic heterocycles. The highest BCUT2D eigenvalue weighted by Gasteiger charge is 2.23. The highest BCUT2D eigenvalue weighted by atomic mass is 32.2. The Kier molecular flexibility index (Phi) is 5.59. The van der Waals surface area contributed by atoms with Crippen molar-refractivity contribution in [3.8, 4) is 0 Å². The summed E-state index contributed by atoms with van der Waals surface area (Å²) in [5, 5.41) is 15.9. The maximum atomic E-state index is 12.3. The van der Waals surface area contributed by atoms with Crippen molar-refractivity contribution in [3.63, 3.8) is 0 Å². The molecule has 2 heterocycles. The average molecular weight is 392 g/mol. The summed E-state index contributed by atoms with van der Waals surface area (Å²) in [6, 6.07) is 6.04. The molecule has 0 fully saturated rings. The van der Waals surface area contributed by atoms with Crippen LogP contribution >= 0.6 is 23.1 Å². The Morgan fingerprint density at radius 3 is 2.85 bits per heavy atom. The van der Waals surface area contributed by atoms with E-state index in [9.17, 15) is 4.79 Å². The largest absolute Gasteiger partial charge is 0.348 e. The Bertz CT molecular complexity index is 933. The molecule has 4 N–H and O–H groups in total.